The molecule has 1 aliphatic rings. The van der Waals surface area contributed by atoms with E-state index in [0.29, 0.717) is 18.6 Å². The van der Waals surface area contributed by atoms with Gasteiger partial charge in [0, 0.05) is 12.0 Å². The summed E-state index contributed by atoms with van der Waals surface area (Å²) in [5, 5.41) is 9.30. The van der Waals surface area contributed by atoms with Crippen molar-refractivity contribution in [3.8, 4) is 11.5 Å². The van der Waals surface area contributed by atoms with Crippen LogP contribution >= 0.6 is 0 Å². The molecular formula is C15H20O4. The lowest BCUT2D eigenvalue weighted by Crippen LogP contribution is -2.44. The first-order valence-electron chi connectivity index (χ1n) is 6.41. The summed E-state index contributed by atoms with van der Waals surface area (Å²) in [6.07, 6.45) is 1.17. The SMILES string of the molecule is COc1c(C)c(C)c2c(c1C)CC[C@@](C)(C(=O)O)O2. The average Bonchev–Trinajstić information content (AvgIpc) is 2.36. The molecule has 0 aliphatic carbocycles. The Kier molecular flexibility index (Phi) is 3.20. The van der Waals surface area contributed by atoms with Crippen LogP contribution in [0.1, 0.15) is 35.6 Å². The van der Waals surface area contributed by atoms with Crippen LogP contribution in [0.15, 0.2) is 0 Å². The third kappa shape index (κ3) is 1.95. The summed E-state index contributed by atoms with van der Waals surface area (Å²) in [6.45, 7) is 7.55. The van der Waals surface area contributed by atoms with E-state index in [2.05, 4.69) is 0 Å². The molecule has 0 saturated carbocycles. The molecular weight excluding hydrogens is 244 g/mol. The van der Waals surface area contributed by atoms with E-state index in [1.54, 1.807) is 14.0 Å². The second kappa shape index (κ2) is 4.44. The van der Waals surface area contributed by atoms with Gasteiger partial charge in [0.15, 0.2) is 0 Å². The van der Waals surface area contributed by atoms with Crippen molar-refractivity contribution in [1.29, 1.82) is 0 Å². The molecule has 4 heteroatoms. The highest BCUT2D eigenvalue weighted by Crippen LogP contribution is 2.43. The fourth-order valence-electron chi connectivity index (χ4n) is 2.69. The molecule has 104 valence electrons. The molecule has 0 radical (unpaired) electrons. The van der Waals surface area contributed by atoms with Gasteiger partial charge < -0.3 is 14.6 Å². The van der Waals surface area contributed by atoms with Gasteiger partial charge in [-0.1, -0.05) is 0 Å². The molecule has 0 amide bonds. The van der Waals surface area contributed by atoms with Gasteiger partial charge >= 0.3 is 5.97 Å². The normalized spacial score (nSPS) is 21.5. The molecule has 1 aromatic carbocycles. The van der Waals surface area contributed by atoms with E-state index >= 15 is 0 Å². The fraction of sp³-hybridized carbons (Fsp3) is 0.533. The Morgan fingerprint density at radius 3 is 2.42 bits per heavy atom. The summed E-state index contributed by atoms with van der Waals surface area (Å²) in [5.74, 6) is 0.675. The lowest BCUT2D eigenvalue weighted by Gasteiger charge is -2.35. The van der Waals surface area contributed by atoms with Crippen molar-refractivity contribution in [3.05, 3.63) is 22.3 Å². The van der Waals surface area contributed by atoms with Crippen LogP contribution in [0.5, 0.6) is 11.5 Å². The van der Waals surface area contributed by atoms with Gasteiger partial charge in [-0.05, 0) is 50.8 Å². The van der Waals surface area contributed by atoms with Crippen molar-refractivity contribution < 1.29 is 19.4 Å². The maximum atomic E-state index is 11.3. The van der Waals surface area contributed by atoms with Gasteiger partial charge in [-0.15, -0.1) is 0 Å². The summed E-state index contributed by atoms with van der Waals surface area (Å²) in [7, 11) is 1.66. The van der Waals surface area contributed by atoms with E-state index in [0.717, 1.165) is 28.0 Å². The smallest absolute Gasteiger partial charge is 0.347 e. The van der Waals surface area contributed by atoms with Gasteiger partial charge in [0.25, 0.3) is 0 Å². The molecule has 4 nitrogen and oxygen atoms in total. The number of carboxylic acids is 1. The molecule has 0 bridgehead atoms. The Balaban J connectivity index is 2.61. The summed E-state index contributed by atoms with van der Waals surface area (Å²) >= 11 is 0. The van der Waals surface area contributed by atoms with Gasteiger partial charge in [0.1, 0.15) is 11.5 Å². The van der Waals surface area contributed by atoms with Gasteiger partial charge in [-0.25, -0.2) is 4.79 Å². The Bertz CT molecular complexity index is 548. The number of methoxy groups -OCH3 is 1. The van der Waals surface area contributed by atoms with E-state index < -0.39 is 11.6 Å². The van der Waals surface area contributed by atoms with Crippen LogP contribution < -0.4 is 9.47 Å². The zero-order valence-corrected chi connectivity index (χ0v) is 12.1. The first-order chi connectivity index (χ1) is 8.81. The summed E-state index contributed by atoms with van der Waals surface area (Å²) in [6, 6.07) is 0. The Labute approximate surface area is 113 Å². The largest absolute Gasteiger partial charge is 0.496 e. The summed E-state index contributed by atoms with van der Waals surface area (Å²) in [5.41, 5.74) is 2.95. The first-order valence-corrected chi connectivity index (χ1v) is 6.41. The molecule has 0 saturated heterocycles. The maximum absolute atomic E-state index is 11.3. The van der Waals surface area contributed by atoms with Crippen LogP contribution in [-0.4, -0.2) is 23.8 Å². The molecule has 1 aliphatic heterocycles. The molecule has 0 spiro atoms. The van der Waals surface area contributed by atoms with Crippen LogP contribution in [0.3, 0.4) is 0 Å². The van der Waals surface area contributed by atoms with Crippen molar-refractivity contribution in [1.82, 2.24) is 0 Å². The topological polar surface area (TPSA) is 55.8 Å². The molecule has 1 N–H and O–H groups in total. The average molecular weight is 264 g/mol. The minimum absolute atomic E-state index is 0.474. The quantitative estimate of drug-likeness (QED) is 0.892. The highest BCUT2D eigenvalue weighted by molar-refractivity contribution is 5.78. The highest BCUT2D eigenvalue weighted by atomic mass is 16.5. The van der Waals surface area contributed by atoms with Crippen molar-refractivity contribution in [3.63, 3.8) is 0 Å². The van der Waals surface area contributed by atoms with Gasteiger partial charge in [0.05, 0.1) is 7.11 Å². The number of carboxylic acid groups (broad SMARTS) is 1. The standard InChI is InChI=1S/C15H20O4/c1-8-9(2)13-11(10(3)12(8)18-5)6-7-15(4,19-13)14(16)17/h6-7H2,1-5H3,(H,16,17)/t15-/m0/s1. The molecule has 19 heavy (non-hydrogen) atoms. The second-order valence-corrected chi connectivity index (χ2v) is 5.35. The molecule has 0 fully saturated rings. The van der Waals surface area contributed by atoms with Gasteiger partial charge in [-0.3, -0.25) is 0 Å². The van der Waals surface area contributed by atoms with E-state index in [9.17, 15) is 9.90 Å². The van der Waals surface area contributed by atoms with Gasteiger partial charge in [-0.2, -0.15) is 0 Å². The zero-order chi connectivity index (χ0) is 14.4. The van der Waals surface area contributed by atoms with E-state index in [4.69, 9.17) is 9.47 Å². The first kappa shape index (κ1) is 13.7. The van der Waals surface area contributed by atoms with Crippen molar-refractivity contribution in [2.45, 2.75) is 46.1 Å². The number of hydrogen-bond donors (Lipinski definition) is 1. The Morgan fingerprint density at radius 2 is 1.89 bits per heavy atom. The van der Waals surface area contributed by atoms with Crippen LogP contribution in [0.2, 0.25) is 0 Å². The lowest BCUT2D eigenvalue weighted by molar-refractivity contribution is -0.155. The van der Waals surface area contributed by atoms with E-state index in [1.165, 1.54) is 0 Å². The second-order valence-electron chi connectivity index (χ2n) is 5.35. The van der Waals surface area contributed by atoms with Crippen molar-refractivity contribution in [2.75, 3.05) is 7.11 Å². The Hall–Kier alpha value is -1.71. The predicted octanol–water partition coefficient (Wildman–Crippen LogP) is 2.79. The number of rotatable bonds is 2. The number of carbonyl (C=O) groups is 1. The molecule has 0 aromatic heterocycles. The molecule has 0 unspecified atom stereocenters. The van der Waals surface area contributed by atoms with E-state index in [-0.39, 0.29) is 0 Å². The minimum atomic E-state index is -1.13. The Morgan fingerprint density at radius 1 is 1.26 bits per heavy atom. The van der Waals surface area contributed by atoms with Crippen molar-refractivity contribution in [2.24, 2.45) is 0 Å². The summed E-state index contributed by atoms with van der Waals surface area (Å²) in [4.78, 5) is 11.3. The highest BCUT2D eigenvalue weighted by Gasteiger charge is 2.40. The van der Waals surface area contributed by atoms with E-state index in [1.807, 2.05) is 20.8 Å². The third-order valence-corrected chi connectivity index (χ3v) is 4.15. The molecule has 1 heterocycles. The maximum Gasteiger partial charge on any atom is 0.347 e. The monoisotopic (exact) mass is 264 g/mol. The lowest BCUT2D eigenvalue weighted by atomic mass is 9.87. The summed E-state index contributed by atoms with van der Waals surface area (Å²) < 4.78 is 11.3. The van der Waals surface area contributed by atoms with Crippen molar-refractivity contribution >= 4 is 5.97 Å². The number of ether oxygens (including phenoxy) is 2. The van der Waals surface area contributed by atoms with Gasteiger partial charge in [0.2, 0.25) is 5.60 Å². The fourth-order valence-corrected chi connectivity index (χ4v) is 2.69. The van der Waals surface area contributed by atoms with Crippen LogP contribution in [0, 0.1) is 20.8 Å². The predicted molar refractivity (Wildman–Crippen MR) is 72.2 cm³/mol. The molecule has 1 atom stereocenters. The molecule has 2 rings (SSSR count). The van der Waals surface area contributed by atoms with Crippen LogP contribution in [0.25, 0.3) is 0 Å². The number of aliphatic carboxylic acids is 1. The minimum Gasteiger partial charge on any atom is -0.496 e. The number of hydrogen-bond acceptors (Lipinski definition) is 3. The van der Waals surface area contributed by atoms with Crippen LogP contribution in [0.4, 0.5) is 0 Å². The number of fused-ring (bicyclic) bond motifs is 1. The van der Waals surface area contributed by atoms with Crippen LogP contribution in [-0.2, 0) is 11.2 Å². The number of benzene rings is 1. The molecule has 1 aromatic rings. The zero-order valence-electron chi connectivity index (χ0n) is 12.1. The third-order valence-electron chi connectivity index (χ3n) is 4.15.